The van der Waals surface area contributed by atoms with E-state index in [0.717, 1.165) is 22.5 Å². The molecule has 0 fully saturated rings. The molecule has 0 unspecified atom stereocenters. The lowest BCUT2D eigenvalue weighted by Gasteiger charge is -2.31. The first kappa shape index (κ1) is 9.74. The second-order valence-corrected chi connectivity index (χ2v) is 4.27. The molecule has 0 aromatic heterocycles. The van der Waals surface area contributed by atoms with E-state index >= 15 is 0 Å². The van der Waals surface area contributed by atoms with Crippen LogP contribution in [0.15, 0.2) is 22.5 Å². The second kappa shape index (κ2) is 3.54. The molecular weight excluding hydrogens is 206 g/mol. The molecule has 0 saturated heterocycles. The minimum atomic E-state index is 0.103. The van der Waals surface area contributed by atoms with E-state index in [2.05, 4.69) is 16.0 Å². The average Bonchev–Trinajstić information content (AvgIpc) is 2.28. The van der Waals surface area contributed by atoms with Crippen molar-refractivity contribution < 1.29 is 9.59 Å². The molecule has 16 heavy (non-hydrogen) atoms. The predicted octanol–water partition coefficient (Wildman–Crippen LogP) is -1.17. The molecule has 0 radical (unpaired) electrons. The maximum absolute atomic E-state index is 11.7. The molecule has 0 amide bonds. The Kier molecular flexibility index (Phi) is 2.15. The summed E-state index contributed by atoms with van der Waals surface area (Å²) in [5.74, 6) is 0.207. The Labute approximate surface area is 93.0 Å². The summed E-state index contributed by atoms with van der Waals surface area (Å²) in [6.07, 6.45) is 0.513. The molecule has 0 atom stereocenters. The summed E-state index contributed by atoms with van der Waals surface area (Å²) >= 11 is 0. The number of rotatable bonds is 0. The van der Waals surface area contributed by atoms with Crippen LogP contribution in [0.25, 0.3) is 0 Å². The molecule has 0 aliphatic carbocycles. The van der Waals surface area contributed by atoms with Crippen molar-refractivity contribution in [1.82, 2.24) is 16.0 Å². The van der Waals surface area contributed by atoms with Gasteiger partial charge in [-0.3, -0.25) is 9.59 Å². The maximum Gasteiger partial charge on any atom is 0.174 e. The Morgan fingerprint density at radius 2 is 1.25 bits per heavy atom. The lowest BCUT2D eigenvalue weighted by Crippen LogP contribution is -2.45. The Hall–Kier alpha value is -1.46. The second-order valence-electron chi connectivity index (χ2n) is 4.27. The molecule has 5 nitrogen and oxygen atoms in total. The van der Waals surface area contributed by atoms with Crippen LogP contribution >= 0.6 is 0 Å². The summed E-state index contributed by atoms with van der Waals surface area (Å²) in [6, 6.07) is 0. The molecule has 3 rings (SSSR count). The molecule has 0 aromatic rings. The van der Waals surface area contributed by atoms with Crippen LogP contribution in [0.2, 0.25) is 0 Å². The fourth-order valence-electron chi connectivity index (χ4n) is 2.37. The number of carbonyl (C=O) groups excluding carboxylic acids is 2. The van der Waals surface area contributed by atoms with Crippen LogP contribution in [-0.2, 0) is 9.59 Å². The molecule has 3 aliphatic heterocycles. The van der Waals surface area contributed by atoms with Crippen molar-refractivity contribution in [2.75, 3.05) is 26.2 Å². The van der Waals surface area contributed by atoms with Crippen molar-refractivity contribution in [3.8, 4) is 0 Å². The topological polar surface area (TPSA) is 70.2 Å². The molecular formula is C11H13N3O2. The van der Waals surface area contributed by atoms with Crippen molar-refractivity contribution in [1.29, 1.82) is 0 Å². The normalized spacial score (nSPS) is 25.2. The lowest BCUT2D eigenvalue weighted by atomic mass is 9.89. The Balaban J connectivity index is 1.95. The van der Waals surface area contributed by atoms with E-state index in [-0.39, 0.29) is 11.6 Å². The number of Topliss-reactive ketones (excluding diaryl/α,β-unsaturated/α-hetero) is 2. The third-order valence-corrected chi connectivity index (χ3v) is 3.23. The van der Waals surface area contributed by atoms with Gasteiger partial charge in [-0.1, -0.05) is 0 Å². The lowest BCUT2D eigenvalue weighted by molar-refractivity contribution is -0.115. The third-order valence-electron chi connectivity index (χ3n) is 3.23. The summed E-state index contributed by atoms with van der Waals surface area (Å²) in [6.45, 7) is 2.14. The average molecular weight is 219 g/mol. The molecule has 3 heterocycles. The molecule has 0 saturated carbocycles. The summed E-state index contributed by atoms with van der Waals surface area (Å²) in [5, 5.41) is 9.30. The van der Waals surface area contributed by atoms with Gasteiger partial charge in [0.25, 0.3) is 0 Å². The smallest absolute Gasteiger partial charge is 0.174 e. The standard InChI is InChI=1S/C11H13N3O2/c15-10-4-12-2-8-6(10)1-7-9(14-8)3-13-5-11(7)16/h12-14H,1-5H2. The fraction of sp³-hybridized carbons (Fsp3) is 0.455. The molecule has 5 heteroatoms. The van der Waals surface area contributed by atoms with E-state index in [1.807, 2.05) is 0 Å². The first-order valence-corrected chi connectivity index (χ1v) is 5.44. The van der Waals surface area contributed by atoms with E-state index in [0.29, 0.717) is 32.6 Å². The maximum atomic E-state index is 11.7. The zero-order valence-corrected chi connectivity index (χ0v) is 8.85. The van der Waals surface area contributed by atoms with Gasteiger partial charge in [0.1, 0.15) is 0 Å². The zero-order chi connectivity index (χ0) is 11.1. The number of nitrogens with one attached hydrogen (secondary N) is 3. The van der Waals surface area contributed by atoms with Crippen LogP contribution in [-0.4, -0.2) is 37.7 Å². The summed E-state index contributed by atoms with van der Waals surface area (Å²) < 4.78 is 0. The number of hydrogen-bond donors (Lipinski definition) is 3. The van der Waals surface area contributed by atoms with Crippen LogP contribution < -0.4 is 16.0 Å². The SMILES string of the molecule is O=C1CNCC2=C1CC1=C(CNCC1=O)N2. The van der Waals surface area contributed by atoms with Gasteiger partial charge in [0.15, 0.2) is 11.6 Å². The van der Waals surface area contributed by atoms with Gasteiger partial charge in [-0.15, -0.1) is 0 Å². The summed E-state index contributed by atoms with van der Waals surface area (Å²) in [4.78, 5) is 23.4. The van der Waals surface area contributed by atoms with Gasteiger partial charge in [-0.2, -0.15) is 0 Å². The predicted molar refractivity (Wildman–Crippen MR) is 57.6 cm³/mol. The van der Waals surface area contributed by atoms with Crippen molar-refractivity contribution in [3.63, 3.8) is 0 Å². The summed E-state index contributed by atoms with van der Waals surface area (Å²) in [5.41, 5.74) is 3.44. The van der Waals surface area contributed by atoms with Crippen LogP contribution in [0.4, 0.5) is 0 Å². The van der Waals surface area contributed by atoms with Crippen LogP contribution in [0.3, 0.4) is 0 Å². The molecule has 3 N–H and O–H groups in total. The van der Waals surface area contributed by atoms with Gasteiger partial charge in [-0.25, -0.2) is 0 Å². The van der Waals surface area contributed by atoms with Gasteiger partial charge in [-0.05, 0) is 0 Å². The molecule has 3 aliphatic rings. The van der Waals surface area contributed by atoms with Gasteiger partial charge in [0.05, 0.1) is 13.1 Å². The summed E-state index contributed by atoms with van der Waals surface area (Å²) in [7, 11) is 0. The largest absolute Gasteiger partial charge is 0.359 e. The van der Waals surface area contributed by atoms with Gasteiger partial charge < -0.3 is 16.0 Å². The highest BCUT2D eigenvalue weighted by atomic mass is 16.1. The zero-order valence-electron chi connectivity index (χ0n) is 8.85. The first-order valence-electron chi connectivity index (χ1n) is 5.44. The van der Waals surface area contributed by atoms with Crippen molar-refractivity contribution in [2.24, 2.45) is 0 Å². The Bertz CT molecular complexity index is 408. The van der Waals surface area contributed by atoms with Crippen molar-refractivity contribution >= 4 is 11.6 Å². The molecule has 84 valence electrons. The highest BCUT2D eigenvalue weighted by Gasteiger charge is 2.31. The minimum Gasteiger partial charge on any atom is -0.359 e. The first-order chi connectivity index (χ1) is 7.75. The van der Waals surface area contributed by atoms with Gasteiger partial charge in [0.2, 0.25) is 0 Å². The molecule has 0 bridgehead atoms. The van der Waals surface area contributed by atoms with E-state index in [1.165, 1.54) is 0 Å². The molecule has 0 spiro atoms. The third kappa shape index (κ3) is 1.40. The Morgan fingerprint density at radius 1 is 0.750 bits per heavy atom. The number of carbonyl (C=O) groups is 2. The van der Waals surface area contributed by atoms with Crippen LogP contribution in [0, 0.1) is 0 Å². The monoisotopic (exact) mass is 219 g/mol. The highest BCUT2D eigenvalue weighted by molar-refractivity contribution is 6.05. The highest BCUT2D eigenvalue weighted by Crippen LogP contribution is 2.26. The van der Waals surface area contributed by atoms with E-state index < -0.39 is 0 Å². The van der Waals surface area contributed by atoms with Crippen molar-refractivity contribution in [2.45, 2.75) is 6.42 Å². The Morgan fingerprint density at radius 3 is 1.75 bits per heavy atom. The van der Waals surface area contributed by atoms with E-state index in [9.17, 15) is 9.59 Å². The van der Waals surface area contributed by atoms with Crippen molar-refractivity contribution in [3.05, 3.63) is 22.5 Å². The van der Waals surface area contributed by atoms with E-state index in [1.54, 1.807) is 0 Å². The van der Waals surface area contributed by atoms with Crippen LogP contribution in [0.1, 0.15) is 6.42 Å². The van der Waals surface area contributed by atoms with Gasteiger partial charge in [0, 0.05) is 42.1 Å². The van der Waals surface area contributed by atoms with Gasteiger partial charge >= 0.3 is 0 Å². The number of ketones is 2. The fourth-order valence-corrected chi connectivity index (χ4v) is 2.37. The quantitative estimate of drug-likeness (QED) is 0.479. The number of dihydropyridines is 1. The van der Waals surface area contributed by atoms with Crippen LogP contribution in [0.5, 0.6) is 0 Å². The molecule has 0 aromatic carbocycles. The van der Waals surface area contributed by atoms with E-state index in [4.69, 9.17) is 0 Å². The minimum absolute atomic E-state index is 0.103. The number of hydrogen-bond acceptors (Lipinski definition) is 5.